The van der Waals surface area contributed by atoms with Gasteiger partial charge in [-0.3, -0.25) is 9.67 Å². The van der Waals surface area contributed by atoms with Crippen molar-refractivity contribution in [3.8, 4) is 22.8 Å². The summed E-state index contributed by atoms with van der Waals surface area (Å²) >= 11 is 0. The standard InChI is InChI=1S/C21H23N5O2/c1-13-22-10-18(17-11-24-26-7-3-4-20(17)26)21(25-13)28-12-14-8-16(14)19-6-5-15(27-2)9-23-19/h5-6,9-11,14,16H,3-4,7-8,12H2,1-2H3/t14-,16?/m1/s1. The highest BCUT2D eigenvalue weighted by Gasteiger charge is 2.40. The van der Waals surface area contributed by atoms with E-state index in [0.717, 1.165) is 48.4 Å². The molecular formula is C21H23N5O2. The van der Waals surface area contributed by atoms with Gasteiger partial charge in [-0.25, -0.2) is 4.98 Å². The van der Waals surface area contributed by atoms with E-state index in [2.05, 4.69) is 24.7 Å². The van der Waals surface area contributed by atoms with E-state index >= 15 is 0 Å². The van der Waals surface area contributed by atoms with Gasteiger partial charge in [-0.15, -0.1) is 0 Å². The Morgan fingerprint density at radius 3 is 2.89 bits per heavy atom. The van der Waals surface area contributed by atoms with Crippen LogP contribution >= 0.6 is 0 Å². The summed E-state index contributed by atoms with van der Waals surface area (Å²) in [6.07, 6.45) is 8.81. The molecule has 1 fully saturated rings. The predicted octanol–water partition coefficient (Wildman–Crippen LogP) is 3.18. The van der Waals surface area contributed by atoms with Crippen LogP contribution in [0.4, 0.5) is 0 Å². The molecule has 144 valence electrons. The third-order valence-corrected chi connectivity index (χ3v) is 5.63. The van der Waals surface area contributed by atoms with Gasteiger partial charge in [0.25, 0.3) is 0 Å². The van der Waals surface area contributed by atoms with Gasteiger partial charge in [0.15, 0.2) is 0 Å². The molecule has 0 radical (unpaired) electrons. The minimum Gasteiger partial charge on any atom is -0.495 e. The lowest BCUT2D eigenvalue weighted by atomic mass is 10.1. The van der Waals surface area contributed by atoms with Crippen LogP contribution in [-0.2, 0) is 13.0 Å². The van der Waals surface area contributed by atoms with Crippen LogP contribution in [0.1, 0.15) is 36.0 Å². The number of hydrogen-bond acceptors (Lipinski definition) is 6. The number of pyridine rings is 1. The van der Waals surface area contributed by atoms with Gasteiger partial charge in [0.1, 0.15) is 11.6 Å². The number of rotatable bonds is 6. The molecule has 4 heterocycles. The fourth-order valence-electron chi connectivity index (χ4n) is 3.94. The van der Waals surface area contributed by atoms with Crippen molar-refractivity contribution < 1.29 is 9.47 Å². The Balaban J connectivity index is 1.31. The van der Waals surface area contributed by atoms with E-state index in [1.807, 2.05) is 31.5 Å². The summed E-state index contributed by atoms with van der Waals surface area (Å²) in [7, 11) is 1.65. The molecule has 5 rings (SSSR count). The van der Waals surface area contributed by atoms with Crippen LogP contribution in [0.5, 0.6) is 11.6 Å². The number of ether oxygens (including phenoxy) is 2. The summed E-state index contributed by atoms with van der Waals surface area (Å²) in [4.78, 5) is 13.5. The lowest BCUT2D eigenvalue weighted by Gasteiger charge is -2.11. The Kier molecular flexibility index (Phi) is 4.22. The Bertz CT molecular complexity index is 999. The lowest BCUT2D eigenvalue weighted by Crippen LogP contribution is -2.06. The van der Waals surface area contributed by atoms with Gasteiger partial charge in [0, 0.05) is 41.5 Å². The molecule has 1 aliphatic heterocycles. The van der Waals surface area contributed by atoms with Crippen LogP contribution in [0, 0.1) is 12.8 Å². The van der Waals surface area contributed by atoms with Gasteiger partial charge in [-0.2, -0.15) is 10.1 Å². The average molecular weight is 377 g/mol. The SMILES string of the molecule is COc1ccc(C2C[C@@H]2COc2nc(C)ncc2-c2cnn3c2CCC3)nc1. The third kappa shape index (κ3) is 3.10. The molecule has 2 atom stereocenters. The molecule has 3 aromatic rings. The van der Waals surface area contributed by atoms with Crippen molar-refractivity contribution in [1.82, 2.24) is 24.7 Å². The molecule has 7 nitrogen and oxygen atoms in total. The quantitative estimate of drug-likeness (QED) is 0.657. The molecule has 0 saturated heterocycles. The van der Waals surface area contributed by atoms with Crippen LogP contribution in [0.3, 0.4) is 0 Å². The fraction of sp³-hybridized carbons (Fsp3) is 0.429. The molecule has 0 amide bonds. The second-order valence-electron chi connectivity index (χ2n) is 7.50. The highest BCUT2D eigenvalue weighted by atomic mass is 16.5. The minimum absolute atomic E-state index is 0.442. The van der Waals surface area contributed by atoms with Crippen molar-refractivity contribution in [2.45, 2.75) is 38.6 Å². The first-order valence-corrected chi connectivity index (χ1v) is 9.74. The Morgan fingerprint density at radius 1 is 1.14 bits per heavy atom. The lowest BCUT2D eigenvalue weighted by molar-refractivity contribution is 0.285. The Labute approximate surface area is 163 Å². The Hall–Kier alpha value is -2.96. The molecule has 0 N–H and O–H groups in total. The van der Waals surface area contributed by atoms with E-state index in [0.29, 0.717) is 30.1 Å². The smallest absolute Gasteiger partial charge is 0.224 e. The molecule has 1 aliphatic carbocycles. The summed E-state index contributed by atoms with van der Waals surface area (Å²) in [5, 5.41) is 4.50. The first-order chi connectivity index (χ1) is 13.7. The van der Waals surface area contributed by atoms with Crippen LogP contribution in [0.2, 0.25) is 0 Å². The minimum atomic E-state index is 0.442. The number of aryl methyl sites for hydroxylation is 2. The maximum Gasteiger partial charge on any atom is 0.224 e. The van der Waals surface area contributed by atoms with Gasteiger partial charge in [-0.1, -0.05) is 0 Å². The average Bonchev–Trinajstić information content (AvgIpc) is 3.14. The number of methoxy groups -OCH3 is 1. The van der Waals surface area contributed by atoms with E-state index in [4.69, 9.17) is 9.47 Å². The maximum absolute atomic E-state index is 6.18. The zero-order valence-electron chi connectivity index (χ0n) is 16.1. The first-order valence-electron chi connectivity index (χ1n) is 9.74. The Morgan fingerprint density at radius 2 is 2.07 bits per heavy atom. The van der Waals surface area contributed by atoms with Gasteiger partial charge in [0.2, 0.25) is 5.88 Å². The molecule has 0 aromatic carbocycles. The molecule has 28 heavy (non-hydrogen) atoms. The van der Waals surface area contributed by atoms with Crippen LogP contribution in [0.15, 0.2) is 30.7 Å². The number of nitrogens with zero attached hydrogens (tertiary/aromatic N) is 5. The first kappa shape index (κ1) is 17.2. The van der Waals surface area contributed by atoms with E-state index in [9.17, 15) is 0 Å². The molecule has 7 heteroatoms. The summed E-state index contributed by atoms with van der Waals surface area (Å²) in [5.41, 5.74) is 4.39. The predicted molar refractivity (Wildman–Crippen MR) is 103 cm³/mol. The molecule has 1 saturated carbocycles. The van der Waals surface area contributed by atoms with Crippen molar-refractivity contribution >= 4 is 0 Å². The van der Waals surface area contributed by atoms with Gasteiger partial charge >= 0.3 is 0 Å². The van der Waals surface area contributed by atoms with Crippen molar-refractivity contribution in [3.63, 3.8) is 0 Å². The summed E-state index contributed by atoms with van der Waals surface area (Å²) < 4.78 is 13.4. The van der Waals surface area contributed by atoms with Crippen LogP contribution in [-0.4, -0.2) is 38.4 Å². The zero-order valence-corrected chi connectivity index (χ0v) is 16.1. The number of hydrogen-bond donors (Lipinski definition) is 0. The fourth-order valence-corrected chi connectivity index (χ4v) is 3.94. The van der Waals surface area contributed by atoms with E-state index < -0.39 is 0 Å². The molecule has 0 spiro atoms. The highest BCUT2D eigenvalue weighted by molar-refractivity contribution is 5.69. The summed E-state index contributed by atoms with van der Waals surface area (Å²) in [5.74, 6) is 3.06. The maximum atomic E-state index is 6.18. The largest absolute Gasteiger partial charge is 0.495 e. The van der Waals surface area contributed by atoms with Crippen molar-refractivity contribution in [1.29, 1.82) is 0 Å². The van der Waals surface area contributed by atoms with Crippen molar-refractivity contribution in [3.05, 3.63) is 47.9 Å². The summed E-state index contributed by atoms with van der Waals surface area (Å²) in [6.45, 7) is 3.50. The number of fused-ring (bicyclic) bond motifs is 1. The topological polar surface area (TPSA) is 75.0 Å². The molecule has 2 aliphatic rings. The second kappa shape index (κ2) is 6.89. The third-order valence-electron chi connectivity index (χ3n) is 5.63. The molecule has 3 aromatic heterocycles. The molecular weight excluding hydrogens is 354 g/mol. The van der Waals surface area contributed by atoms with Crippen molar-refractivity contribution in [2.24, 2.45) is 5.92 Å². The van der Waals surface area contributed by atoms with Gasteiger partial charge in [0.05, 0.1) is 31.7 Å². The van der Waals surface area contributed by atoms with Crippen LogP contribution < -0.4 is 9.47 Å². The van der Waals surface area contributed by atoms with E-state index in [1.165, 1.54) is 5.69 Å². The van der Waals surface area contributed by atoms with Crippen molar-refractivity contribution in [2.75, 3.05) is 13.7 Å². The van der Waals surface area contributed by atoms with E-state index in [-0.39, 0.29) is 0 Å². The zero-order chi connectivity index (χ0) is 19.1. The van der Waals surface area contributed by atoms with Gasteiger partial charge in [-0.05, 0) is 38.3 Å². The summed E-state index contributed by atoms with van der Waals surface area (Å²) in [6, 6.07) is 4.00. The molecule has 1 unspecified atom stereocenters. The molecule has 0 bridgehead atoms. The normalized spacial score (nSPS) is 20.1. The van der Waals surface area contributed by atoms with Gasteiger partial charge < -0.3 is 9.47 Å². The number of aromatic nitrogens is 5. The monoisotopic (exact) mass is 377 g/mol. The highest BCUT2D eigenvalue weighted by Crippen LogP contribution is 2.47. The second-order valence-corrected chi connectivity index (χ2v) is 7.50. The van der Waals surface area contributed by atoms with E-state index in [1.54, 1.807) is 13.3 Å². The van der Waals surface area contributed by atoms with Crippen LogP contribution in [0.25, 0.3) is 11.1 Å².